The highest BCUT2D eigenvalue weighted by Gasteiger charge is 2.23. The Morgan fingerprint density at radius 2 is 2.06 bits per heavy atom. The van der Waals surface area contributed by atoms with Crippen molar-refractivity contribution in [1.29, 1.82) is 0 Å². The number of hydrogen-bond donors (Lipinski definition) is 0. The van der Waals surface area contributed by atoms with Crippen LogP contribution in [0.4, 0.5) is 4.39 Å². The van der Waals surface area contributed by atoms with Crippen molar-refractivity contribution in [3.05, 3.63) is 34.6 Å². The predicted octanol–water partition coefficient (Wildman–Crippen LogP) is 3.78. The second-order valence-corrected chi connectivity index (χ2v) is 4.74. The summed E-state index contributed by atoms with van der Waals surface area (Å²) in [6, 6.07) is 4.82. The van der Waals surface area contributed by atoms with E-state index in [-0.39, 0.29) is 23.1 Å². The lowest BCUT2D eigenvalue weighted by molar-refractivity contribution is -0.122. The largest absolute Gasteiger partial charge is 0.299 e. The van der Waals surface area contributed by atoms with E-state index in [4.69, 9.17) is 11.6 Å². The number of benzene rings is 1. The lowest BCUT2D eigenvalue weighted by Crippen LogP contribution is -2.14. The first-order chi connectivity index (χ1) is 7.68. The van der Waals surface area contributed by atoms with Crippen LogP contribution in [0.25, 0.3) is 0 Å². The molecule has 1 fully saturated rings. The smallest absolute Gasteiger partial charge is 0.145 e. The van der Waals surface area contributed by atoms with Gasteiger partial charge in [-0.2, -0.15) is 0 Å². The average Bonchev–Trinajstić information content (AvgIpc) is 2.78. The van der Waals surface area contributed by atoms with E-state index in [2.05, 4.69) is 0 Å². The maximum atomic E-state index is 13.6. The van der Waals surface area contributed by atoms with Gasteiger partial charge in [0.2, 0.25) is 0 Å². The van der Waals surface area contributed by atoms with Gasteiger partial charge in [-0.3, -0.25) is 4.79 Å². The Morgan fingerprint density at radius 1 is 1.38 bits per heavy atom. The van der Waals surface area contributed by atoms with Gasteiger partial charge in [0.15, 0.2) is 0 Å². The molecule has 1 nitrogen and oxygen atoms in total. The third kappa shape index (κ3) is 2.43. The molecular formula is C13H14ClFO. The molecule has 0 N–H and O–H groups in total. The Morgan fingerprint density at radius 3 is 2.75 bits per heavy atom. The van der Waals surface area contributed by atoms with Crippen LogP contribution in [0, 0.1) is 11.7 Å². The quantitative estimate of drug-likeness (QED) is 0.786. The molecule has 0 saturated heterocycles. The molecule has 0 heterocycles. The Hall–Kier alpha value is -0.890. The second-order valence-electron chi connectivity index (χ2n) is 4.34. The van der Waals surface area contributed by atoms with Crippen LogP contribution < -0.4 is 0 Å². The lowest BCUT2D eigenvalue weighted by atomic mass is 9.96. The SMILES string of the molecule is O=C(Cc1cccc(Cl)c1F)C1CCCC1. The number of carbonyl (C=O) groups is 1. The van der Waals surface area contributed by atoms with Crippen molar-refractivity contribution in [3.8, 4) is 0 Å². The molecule has 1 aromatic rings. The van der Waals surface area contributed by atoms with Crippen molar-refractivity contribution < 1.29 is 9.18 Å². The Balaban J connectivity index is 2.08. The van der Waals surface area contributed by atoms with E-state index in [1.54, 1.807) is 12.1 Å². The zero-order valence-corrected chi connectivity index (χ0v) is 9.77. The van der Waals surface area contributed by atoms with E-state index in [0.29, 0.717) is 5.56 Å². The summed E-state index contributed by atoms with van der Waals surface area (Å²) in [6.45, 7) is 0. The third-order valence-corrected chi connectivity index (χ3v) is 3.50. The normalized spacial score (nSPS) is 16.6. The first kappa shape index (κ1) is 11.6. The first-order valence-corrected chi connectivity index (χ1v) is 6.02. The molecule has 86 valence electrons. The molecule has 16 heavy (non-hydrogen) atoms. The summed E-state index contributed by atoms with van der Waals surface area (Å²) < 4.78 is 13.6. The van der Waals surface area contributed by atoms with Crippen LogP contribution in [0.5, 0.6) is 0 Å². The van der Waals surface area contributed by atoms with Crippen LogP contribution in [0.1, 0.15) is 31.2 Å². The van der Waals surface area contributed by atoms with Crippen LogP contribution in [0.15, 0.2) is 18.2 Å². The predicted molar refractivity (Wildman–Crippen MR) is 62.1 cm³/mol. The van der Waals surface area contributed by atoms with Crippen molar-refractivity contribution in [3.63, 3.8) is 0 Å². The fourth-order valence-corrected chi connectivity index (χ4v) is 2.46. The molecule has 0 bridgehead atoms. The molecule has 2 rings (SSSR count). The molecule has 1 saturated carbocycles. The summed E-state index contributed by atoms with van der Waals surface area (Å²) in [5.41, 5.74) is 0.421. The van der Waals surface area contributed by atoms with Crippen molar-refractivity contribution in [2.45, 2.75) is 32.1 Å². The van der Waals surface area contributed by atoms with Gasteiger partial charge in [-0.25, -0.2) is 4.39 Å². The zero-order valence-electron chi connectivity index (χ0n) is 9.01. The summed E-state index contributed by atoms with van der Waals surface area (Å²) in [4.78, 5) is 11.9. The van der Waals surface area contributed by atoms with Crippen molar-refractivity contribution >= 4 is 17.4 Å². The first-order valence-electron chi connectivity index (χ1n) is 5.64. The highest BCUT2D eigenvalue weighted by Crippen LogP contribution is 2.27. The molecule has 1 aliphatic carbocycles. The van der Waals surface area contributed by atoms with Gasteiger partial charge in [-0.1, -0.05) is 36.6 Å². The summed E-state index contributed by atoms with van der Waals surface area (Å²) in [7, 11) is 0. The number of halogens is 2. The van der Waals surface area contributed by atoms with Crippen LogP contribution in [-0.4, -0.2) is 5.78 Å². The lowest BCUT2D eigenvalue weighted by Gasteiger charge is -2.08. The van der Waals surface area contributed by atoms with Crippen molar-refractivity contribution in [2.75, 3.05) is 0 Å². The Kier molecular flexibility index (Phi) is 3.59. The van der Waals surface area contributed by atoms with Crippen LogP contribution in [0.2, 0.25) is 5.02 Å². The molecule has 0 aromatic heterocycles. The Bertz CT molecular complexity index is 397. The van der Waals surface area contributed by atoms with Crippen molar-refractivity contribution in [2.24, 2.45) is 5.92 Å². The minimum absolute atomic E-state index is 0.0942. The molecule has 0 atom stereocenters. The monoisotopic (exact) mass is 240 g/mol. The van der Waals surface area contributed by atoms with Gasteiger partial charge in [0, 0.05) is 12.3 Å². The third-order valence-electron chi connectivity index (χ3n) is 3.21. The molecule has 3 heteroatoms. The molecule has 1 aromatic carbocycles. The van der Waals surface area contributed by atoms with Crippen molar-refractivity contribution in [1.82, 2.24) is 0 Å². The van der Waals surface area contributed by atoms with Gasteiger partial charge in [0.1, 0.15) is 11.6 Å². The molecule has 0 aliphatic heterocycles. The van der Waals surface area contributed by atoms with E-state index in [1.807, 2.05) is 0 Å². The maximum Gasteiger partial charge on any atom is 0.145 e. The number of ketones is 1. The standard InChI is InChI=1S/C13H14ClFO/c14-11-7-3-6-10(13(11)15)8-12(16)9-4-1-2-5-9/h3,6-7,9H,1-2,4-5,8H2. The fraction of sp³-hybridized carbons (Fsp3) is 0.462. The fourth-order valence-electron chi connectivity index (χ4n) is 2.26. The maximum absolute atomic E-state index is 13.6. The number of Topliss-reactive ketones (excluding diaryl/α,β-unsaturated/α-hetero) is 1. The van der Waals surface area contributed by atoms with E-state index >= 15 is 0 Å². The number of rotatable bonds is 3. The molecule has 0 spiro atoms. The second kappa shape index (κ2) is 4.96. The summed E-state index contributed by atoms with van der Waals surface area (Å²) in [5.74, 6) is -0.160. The van der Waals surface area contributed by atoms with Crippen LogP contribution >= 0.6 is 11.6 Å². The summed E-state index contributed by atoms with van der Waals surface area (Å²) >= 11 is 5.67. The molecule has 1 aliphatic rings. The van der Waals surface area contributed by atoms with E-state index < -0.39 is 5.82 Å². The number of carbonyl (C=O) groups excluding carboxylic acids is 1. The topological polar surface area (TPSA) is 17.1 Å². The Labute approximate surface area is 99.6 Å². The summed E-state index contributed by atoms with van der Waals surface area (Å²) in [6.07, 6.45) is 4.34. The number of hydrogen-bond acceptors (Lipinski definition) is 1. The molecule has 0 radical (unpaired) electrons. The van der Waals surface area contributed by atoms with E-state index in [9.17, 15) is 9.18 Å². The van der Waals surface area contributed by atoms with Gasteiger partial charge < -0.3 is 0 Å². The van der Waals surface area contributed by atoms with E-state index in [1.165, 1.54) is 6.07 Å². The van der Waals surface area contributed by atoms with Gasteiger partial charge in [0.05, 0.1) is 5.02 Å². The molecular weight excluding hydrogens is 227 g/mol. The molecule has 0 amide bonds. The summed E-state index contributed by atoms with van der Waals surface area (Å²) in [5, 5.41) is 0.0942. The van der Waals surface area contributed by atoms with Crippen LogP contribution in [-0.2, 0) is 11.2 Å². The van der Waals surface area contributed by atoms with Crippen LogP contribution in [0.3, 0.4) is 0 Å². The van der Waals surface area contributed by atoms with Gasteiger partial charge in [0.25, 0.3) is 0 Å². The minimum atomic E-state index is -0.449. The highest BCUT2D eigenvalue weighted by atomic mass is 35.5. The zero-order chi connectivity index (χ0) is 11.5. The van der Waals surface area contributed by atoms with Gasteiger partial charge in [-0.15, -0.1) is 0 Å². The molecule has 0 unspecified atom stereocenters. The highest BCUT2D eigenvalue weighted by molar-refractivity contribution is 6.30. The van der Waals surface area contributed by atoms with Gasteiger partial charge >= 0.3 is 0 Å². The minimum Gasteiger partial charge on any atom is -0.299 e. The van der Waals surface area contributed by atoms with Gasteiger partial charge in [-0.05, 0) is 24.5 Å². The average molecular weight is 241 g/mol. The van der Waals surface area contributed by atoms with E-state index in [0.717, 1.165) is 25.7 Å².